The lowest BCUT2D eigenvalue weighted by Gasteiger charge is -2.19. The van der Waals surface area contributed by atoms with Crippen LogP contribution in [-0.4, -0.2) is 19.2 Å². The van der Waals surface area contributed by atoms with E-state index in [1.807, 2.05) is 6.07 Å². The molecular weight excluding hydrogens is 269 g/mol. The number of nitrogens with one attached hydrogen (secondary N) is 1. The van der Waals surface area contributed by atoms with Gasteiger partial charge in [0.25, 0.3) is 0 Å². The maximum Gasteiger partial charge on any atom is 0.121 e. The van der Waals surface area contributed by atoms with E-state index in [1.165, 1.54) is 0 Å². The van der Waals surface area contributed by atoms with Gasteiger partial charge in [0.2, 0.25) is 0 Å². The zero-order valence-corrected chi connectivity index (χ0v) is 12.5. The highest BCUT2D eigenvalue weighted by Gasteiger charge is 2.10. The van der Waals surface area contributed by atoms with Crippen molar-refractivity contribution in [3.63, 3.8) is 0 Å². The van der Waals surface area contributed by atoms with E-state index in [0.29, 0.717) is 10.0 Å². The Morgan fingerprint density at radius 3 is 2.56 bits per heavy atom. The monoisotopic (exact) mass is 289 g/mol. The lowest BCUT2D eigenvalue weighted by atomic mass is 10.2. The molecule has 0 aliphatic rings. The topological polar surface area (TPSA) is 21.3 Å². The Morgan fingerprint density at radius 1 is 1.17 bits per heavy atom. The summed E-state index contributed by atoms with van der Waals surface area (Å²) in [4.78, 5) is 0. The molecule has 0 aliphatic heterocycles. The largest absolute Gasteiger partial charge is 0.489 e. The van der Waals surface area contributed by atoms with Crippen LogP contribution in [0.5, 0.6) is 5.75 Å². The fraction of sp³-hybridized carbons (Fsp3) is 0.571. The van der Waals surface area contributed by atoms with Crippen LogP contribution in [0.4, 0.5) is 0 Å². The minimum absolute atomic E-state index is 0.179. The molecule has 0 amide bonds. The van der Waals surface area contributed by atoms with Gasteiger partial charge in [0.1, 0.15) is 11.9 Å². The first-order valence-electron chi connectivity index (χ1n) is 6.49. The first-order chi connectivity index (χ1) is 8.67. The average molecular weight is 290 g/mol. The highest BCUT2D eigenvalue weighted by Crippen LogP contribution is 2.27. The Morgan fingerprint density at radius 2 is 1.94 bits per heavy atom. The van der Waals surface area contributed by atoms with Crippen LogP contribution in [0.2, 0.25) is 10.0 Å². The molecule has 1 N–H and O–H groups in total. The van der Waals surface area contributed by atoms with Gasteiger partial charge in [-0.15, -0.1) is 0 Å². The zero-order valence-electron chi connectivity index (χ0n) is 11.0. The SMILES string of the molecule is CCCNCC(CCC)Oc1ccc(Cl)c(Cl)c1. The van der Waals surface area contributed by atoms with Crippen LogP contribution >= 0.6 is 23.2 Å². The van der Waals surface area contributed by atoms with Gasteiger partial charge < -0.3 is 10.1 Å². The Kier molecular flexibility index (Phi) is 7.48. The first-order valence-corrected chi connectivity index (χ1v) is 7.25. The van der Waals surface area contributed by atoms with Crippen molar-refractivity contribution in [2.75, 3.05) is 13.1 Å². The van der Waals surface area contributed by atoms with E-state index in [1.54, 1.807) is 12.1 Å². The zero-order chi connectivity index (χ0) is 13.4. The maximum atomic E-state index is 5.97. The Bertz CT molecular complexity index is 358. The molecule has 4 heteroatoms. The molecular formula is C14H21Cl2NO. The summed E-state index contributed by atoms with van der Waals surface area (Å²) in [6.45, 7) is 6.19. The van der Waals surface area contributed by atoms with Crippen LogP contribution in [0.3, 0.4) is 0 Å². The molecule has 0 spiro atoms. The minimum atomic E-state index is 0.179. The van der Waals surface area contributed by atoms with Crippen LogP contribution in [0, 0.1) is 0 Å². The standard InChI is InChI=1S/C14H21Cl2NO/c1-3-5-12(10-17-8-4-2)18-11-6-7-13(15)14(16)9-11/h6-7,9,12,17H,3-5,8,10H2,1-2H3. The molecule has 1 aromatic rings. The Labute approximate surface area is 120 Å². The highest BCUT2D eigenvalue weighted by molar-refractivity contribution is 6.42. The second-order valence-corrected chi connectivity index (χ2v) is 5.12. The number of rotatable bonds is 8. The number of ether oxygens (including phenoxy) is 1. The first kappa shape index (κ1) is 15.6. The van der Waals surface area contributed by atoms with Crippen molar-refractivity contribution >= 4 is 23.2 Å². The van der Waals surface area contributed by atoms with E-state index in [2.05, 4.69) is 19.2 Å². The summed E-state index contributed by atoms with van der Waals surface area (Å²) in [7, 11) is 0. The van der Waals surface area contributed by atoms with Gasteiger partial charge in [-0.25, -0.2) is 0 Å². The van der Waals surface area contributed by atoms with Crippen molar-refractivity contribution in [2.24, 2.45) is 0 Å². The Hall–Kier alpha value is -0.440. The molecule has 1 atom stereocenters. The van der Waals surface area contributed by atoms with E-state index >= 15 is 0 Å². The molecule has 0 aliphatic carbocycles. The van der Waals surface area contributed by atoms with Crippen LogP contribution in [0.1, 0.15) is 33.1 Å². The maximum absolute atomic E-state index is 5.97. The van der Waals surface area contributed by atoms with Gasteiger partial charge >= 0.3 is 0 Å². The fourth-order valence-electron chi connectivity index (χ4n) is 1.71. The molecule has 18 heavy (non-hydrogen) atoms. The molecule has 0 bridgehead atoms. The third-order valence-electron chi connectivity index (χ3n) is 2.60. The number of halogens is 2. The normalized spacial score (nSPS) is 12.4. The Balaban J connectivity index is 2.55. The molecule has 0 radical (unpaired) electrons. The predicted molar refractivity (Wildman–Crippen MR) is 78.9 cm³/mol. The fourth-order valence-corrected chi connectivity index (χ4v) is 2.00. The van der Waals surface area contributed by atoms with Gasteiger partial charge in [0, 0.05) is 12.6 Å². The minimum Gasteiger partial charge on any atom is -0.489 e. The van der Waals surface area contributed by atoms with E-state index in [0.717, 1.165) is 38.1 Å². The van der Waals surface area contributed by atoms with Gasteiger partial charge in [-0.3, -0.25) is 0 Å². The second-order valence-electron chi connectivity index (χ2n) is 4.31. The third-order valence-corrected chi connectivity index (χ3v) is 3.34. The van der Waals surface area contributed by atoms with Crippen LogP contribution in [0.15, 0.2) is 18.2 Å². The molecule has 0 fully saturated rings. The molecule has 1 unspecified atom stereocenters. The average Bonchev–Trinajstić information content (AvgIpc) is 2.34. The van der Waals surface area contributed by atoms with E-state index in [9.17, 15) is 0 Å². The lowest BCUT2D eigenvalue weighted by molar-refractivity contribution is 0.186. The summed E-state index contributed by atoms with van der Waals surface area (Å²) in [5, 5.41) is 4.47. The van der Waals surface area contributed by atoms with Gasteiger partial charge in [0.15, 0.2) is 0 Å². The third kappa shape index (κ3) is 5.47. The number of benzene rings is 1. The van der Waals surface area contributed by atoms with Gasteiger partial charge in [-0.05, 0) is 31.5 Å². The van der Waals surface area contributed by atoms with Crippen molar-refractivity contribution in [3.05, 3.63) is 28.2 Å². The number of hydrogen-bond acceptors (Lipinski definition) is 2. The highest BCUT2D eigenvalue weighted by atomic mass is 35.5. The number of hydrogen-bond donors (Lipinski definition) is 1. The summed E-state index contributed by atoms with van der Waals surface area (Å²) in [6.07, 6.45) is 3.43. The van der Waals surface area contributed by atoms with Gasteiger partial charge in [-0.1, -0.05) is 43.5 Å². The summed E-state index contributed by atoms with van der Waals surface area (Å²) < 4.78 is 5.93. The second kappa shape index (κ2) is 8.63. The summed E-state index contributed by atoms with van der Waals surface area (Å²) in [5.41, 5.74) is 0. The summed E-state index contributed by atoms with van der Waals surface area (Å²) >= 11 is 11.9. The molecule has 2 nitrogen and oxygen atoms in total. The smallest absolute Gasteiger partial charge is 0.121 e. The van der Waals surface area contributed by atoms with Crippen molar-refractivity contribution in [3.8, 4) is 5.75 Å². The molecule has 0 saturated heterocycles. The molecule has 0 heterocycles. The molecule has 0 aromatic heterocycles. The molecule has 0 saturated carbocycles. The van der Waals surface area contributed by atoms with Gasteiger partial charge in [-0.2, -0.15) is 0 Å². The van der Waals surface area contributed by atoms with E-state index < -0.39 is 0 Å². The quantitative estimate of drug-likeness (QED) is 0.710. The lowest BCUT2D eigenvalue weighted by Crippen LogP contribution is -2.31. The van der Waals surface area contributed by atoms with E-state index in [4.69, 9.17) is 27.9 Å². The van der Waals surface area contributed by atoms with E-state index in [-0.39, 0.29) is 6.10 Å². The van der Waals surface area contributed by atoms with Crippen molar-refractivity contribution in [1.82, 2.24) is 5.32 Å². The molecule has 102 valence electrons. The summed E-state index contributed by atoms with van der Waals surface area (Å²) in [5.74, 6) is 0.779. The summed E-state index contributed by atoms with van der Waals surface area (Å²) in [6, 6.07) is 5.39. The van der Waals surface area contributed by atoms with Gasteiger partial charge in [0.05, 0.1) is 10.0 Å². The van der Waals surface area contributed by atoms with Crippen molar-refractivity contribution in [1.29, 1.82) is 0 Å². The van der Waals surface area contributed by atoms with Crippen LogP contribution < -0.4 is 10.1 Å². The molecule has 1 aromatic carbocycles. The van der Waals surface area contributed by atoms with Crippen LogP contribution in [0.25, 0.3) is 0 Å². The molecule has 1 rings (SSSR count). The van der Waals surface area contributed by atoms with Crippen LogP contribution in [-0.2, 0) is 0 Å². The predicted octanol–water partition coefficient (Wildman–Crippen LogP) is 4.54. The van der Waals surface area contributed by atoms with Crippen molar-refractivity contribution < 1.29 is 4.74 Å². The van der Waals surface area contributed by atoms with Crippen molar-refractivity contribution in [2.45, 2.75) is 39.2 Å².